The molecule has 0 aromatic carbocycles. The van der Waals surface area contributed by atoms with Crippen LogP contribution in [0.2, 0.25) is 0 Å². The van der Waals surface area contributed by atoms with Crippen LogP contribution in [0.1, 0.15) is 12.5 Å². The maximum atomic E-state index is 4.40. The first-order valence-electron chi connectivity index (χ1n) is 5.17. The number of pyridine rings is 1. The number of hydrogen-bond acceptors (Lipinski definition) is 3. The van der Waals surface area contributed by atoms with Crippen LogP contribution >= 0.6 is 12.4 Å². The Morgan fingerprint density at radius 2 is 2.33 bits per heavy atom. The van der Waals surface area contributed by atoms with E-state index in [0.29, 0.717) is 6.04 Å². The van der Waals surface area contributed by atoms with Crippen LogP contribution in [0.25, 0.3) is 0 Å². The normalized spacial score (nSPS) is 20.9. The van der Waals surface area contributed by atoms with E-state index in [2.05, 4.69) is 35.1 Å². The molecule has 1 N–H and O–H groups in total. The second-order valence-corrected chi connectivity index (χ2v) is 3.99. The Balaban J connectivity index is 0.00000112. The molecule has 15 heavy (non-hydrogen) atoms. The molecule has 1 saturated heterocycles. The zero-order chi connectivity index (χ0) is 9.97. The molecule has 0 bridgehead atoms. The van der Waals surface area contributed by atoms with Crippen molar-refractivity contribution in [2.45, 2.75) is 19.9 Å². The summed E-state index contributed by atoms with van der Waals surface area (Å²) in [7, 11) is 0. The molecule has 1 aromatic heterocycles. The molecule has 2 rings (SSSR count). The fourth-order valence-electron chi connectivity index (χ4n) is 1.83. The molecule has 2 heterocycles. The van der Waals surface area contributed by atoms with Gasteiger partial charge in [0.05, 0.1) is 0 Å². The number of piperazine rings is 1. The molecule has 0 aliphatic carbocycles. The zero-order valence-corrected chi connectivity index (χ0v) is 10.0. The van der Waals surface area contributed by atoms with Crippen molar-refractivity contribution in [1.82, 2.24) is 10.3 Å². The molecule has 1 unspecified atom stereocenters. The summed E-state index contributed by atoms with van der Waals surface area (Å²) in [6, 6.07) is 4.75. The van der Waals surface area contributed by atoms with Crippen molar-refractivity contribution in [2.24, 2.45) is 0 Å². The summed E-state index contributed by atoms with van der Waals surface area (Å²) in [5.74, 6) is 1.11. The Hall–Kier alpha value is -0.800. The van der Waals surface area contributed by atoms with Gasteiger partial charge in [-0.05, 0) is 31.5 Å². The van der Waals surface area contributed by atoms with E-state index in [4.69, 9.17) is 0 Å². The van der Waals surface area contributed by atoms with Crippen LogP contribution < -0.4 is 10.2 Å². The lowest BCUT2D eigenvalue weighted by molar-refractivity contribution is 0.482. The van der Waals surface area contributed by atoms with E-state index in [1.807, 2.05) is 12.3 Å². The lowest BCUT2D eigenvalue weighted by Crippen LogP contribution is -2.49. The zero-order valence-electron chi connectivity index (χ0n) is 9.23. The van der Waals surface area contributed by atoms with Gasteiger partial charge < -0.3 is 10.2 Å². The van der Waals surface area contributed by atoms with E-state index in [1.54, 1.807) is 0 Å². The van der Waals surface area contributed by atoms with Gasteiger partial charge in [-0.15, -0.1) is 12.4 Å². The van der Waals surface area contributed by atoms with Gasteiger partial charge in [-0.25, -0.2) is 4.98 Å². The van der Waals surface area contributed by atoms with Crippen molar-refractivity contribution in [2.75, 3.05) is 24.5 Å². The average molecular weight is 228 g/mol. The summed E-state index contributed by atoms with van der Waals surface area (Å²) in [5.41, 5.74) is 1.28. The highest BCUT2D eigenvalue weighted by molar-refractivity contribution is 5.85. The third kappa shape index (κ3) is 3.08. The Kier molecular flexibility index (Phi) is 4.36. The number of nitrogens with one attached hydrogen (secondary N) is 1. The summed E-state index contributed by atoms with van der Waals surface area (Å²) >= 11 is 0. The summed E-state index contributed by atoms with van der Waals surface area (Å²) in [4.78, 5) is 6.74. The number of aromatic nitrogens is 1. The van der Waals surface area contributed by atoms with Crippen LogP contribution in [0.5, 0.6) is 0 Å². The van der Waals surface area contributed by atoms with Crippen molar-refractivity contribution in [3.63, 3.8) is 0 Å². The maximum absolute atomic E-state index is 4.40. The third-order valence-electron chi connectivity index (χ3n) is 2.59. The quantitative estimate of drug-likeness (QED) is 0.790. The smallest absolute Gasteiger partial charge is 0.128 e. The predicted octanol–water partition coefficient (Wildman–Crippen LogP) is 1.61. The maximum Gasteiger partial charge on any atom is 0.128 e. The van der Waals surface area contributed by atoms with Crippen molar-refractivity contribution in [3.05, 3.63) is 23.9 Å². The predicted molar refractivity (Wildman–Crippen MR) is 65.9 cm³/mol. The Morgan fingerprint density at radius 3 is 3.00 bits per heavy atom. The highest BCUT2D eigenvalue weighted by Gasteiger charge is 2.16. The van der Waals surface area contributed by atoms with E-state index in [9.17, 15) is 0 Å². The minimum Gasteiger partial charge on any atom is -0.354 e. The Labute approximate surface area is 97.3 Å². The monoisotopic (exact) mass is 227 g/mol. The van der Waals surface area contributed by atoms with Gasteiger partial charge in [0.2, 0.25) is 0 Å². The van der Waals surface area contributed by atoms with Crippen LogP contribution in [0, 0.1) is 6.92 Å². The van der Waals surface area contributed by atoms with Gasteiger partial charge in [-0.1, -0.05) is 0 Å². The SMILES string of the molecule is Cc1ccnc(N2CCNC(C)C2)c1.Cl. The first-order chi connectivity index (χ1) is 6.75. The van der Waals surface area contributed by atoms with Crippen LogP contribution in [0.15, 0.2) is 18.3 Å². The van der Waals surface area contributed by atoms with Gasteiger partial charge in [-0.2, -0.15) is 0 Å². The number of aryl methyl sites for hydroxylation is 1. The standard InChI is InChI=1S/C11H17N3.ClH/c1-9-3-4-13-11(7-9)14-6-5-12-10(2)8-14;/h3-4,7,10,12H,5-6,8H2,1-2H3;1H. The molecule has 1 aliphatic rings. The summed E-state index contributed by atoms with van der Waals surface area (Å²) < 4.78 is 0. The lowest BCUT2D eigenvalue weighted by Gasteiger charge is -2.32. The van der Waals surface area contributed by atoms with Gasteiger partial charge in [-0.3, -0.25) is 0 Å². The molecule has 84 valence electrons. The summed E-state index contributed by atoms with van der Waals surface area (Å²) in [6.07, 6.45) is 1.89. The van der Waals surface area contributed by atoms with Gasteiger partial charge in [0.25, 0.3) is 0 Å². The van der Waals surface area contributed by atoms with E-state index < -0.39 is 0 Å². The minimum absolute atomic E-state index is 0. The van der Waals surface area contributed by atoms with Crippen molar-refractivity contribution < 1.29 is 0 Å². The van der Waals surface area contributed by atoms with Gasteiger partial charge in [0, 0.05) is 31.9 Å². The summed E-state index contributed by atoms with van der Waals surface area (Å²) in [6.45, 7) is 7.48. The Bertz CT molecular complexity index is 316. The van der Waals surface area contributed by atoms with E-state index in [1.165, 1.54) is 5.56 Å². The Morgan fingerprint density at radius 1 is 1.53 bits per heavy atom. The largest absolute Gasteiger partial charge is 0.354 e. The molecule has 0 amide bonds. The molecular weight excluding hydrogens is 210 g/mol. The van der Waals surface area contributed by atoms with Crippen LogP contribution in [-0.2, 0) is 0 Å². The second kappa shape index (κ2) is 5.33. The number of rotatable bonds is 1. The number of halogens is 1. The third-order valence-corrected chi connectivity index (χ3v) is 2.59. The highest BCUT2D eigenvalue weighted by atomic mass is 35.5. The van der Waals surface area contributed by atoms with Gasteiger partial charge in [0.15, 0.2) is 0 Å². The van der Waals surface area contributed by atoms with Crippen molar-refractivity contribution >= 4 is 18.2 Å². The highest BCUT2D eigenvalue weighted by Crippen LogP contribution is 2.13. The molecule has 1 aliphatic heterocycles. The topological polar surface area (TPSA) is 28.2 Å². The minimum atomic E-state index is 0. The fraction of sp³-hybridized carbons (Fsp3) is 0.545. The van der Waals surface area contributed by atoms with Crippen LogP contribution in [-0.4, -0.2) is 30.7 Å². The van der Waals surface area contributed by atoms with E-state index in [0.717, 1.165) is 25.5 Å². The van der Waals surface area contributed by atoms with Crippen LogP contribution in [0.4, 0.5) is 5.82 Å². The van der Waals surface area contributed by atoms with Crippen LogP contribution in [0.3, 0.4) is 0 Å². The van der Waals surface area contributed by atoms with Crippen molar-refractivity contribution in [3.8, 4) is 0 Å². The van der Waals surface area contributed by atoms with E-state index >= 15 is 0 Å². The number of anilines is 1. The lowest BCUT2D eigenvalue weighted by atomic mass is 10.2. The molecule has 0 saturated carbocycles. The molecule has 1 atom stereocenters. The first-order valence-corrected chi connectivity index (χ1v) is 5.17. The number of nitrogens with zero attached hydrogens (tertiary/aromatic N) is 2. The average Bonchev–Trinajstić information content (AvgIpc) is 2.18. The fourth-order valence-corrected chi connectivity index (χ4v) is 1.83. The summed E-state index contributed by atoms with van der Waals surface area (Å²) in [5, 5.41) is 3.43. The number of hydrogen-bond donors (Lipinski definition) is 1. The molecule has 3 nitrogen and oxygen atoms in total. The molecule has 1 fully saturated rings. The first kappa shape index (κ1) is 12.3. The molecule has 0 spiro atoms. The van der Waals surface area contributed by atoms with Gasteiger partial charge in [0.1, 0.15) is 5.82 Å². The van der Waals surface area contributed by atoms with E-state index in [-0.39, 0.29) is 12.4 Å². The molecular formula is C11H18ClN3. The van der Waals surface area contributed by atoms with Gasteiger partial charge >= 0.3 is 0 Å². The second-order valence-electron chi connectivity index (χ2n) is 3.99. The van der Waals surface area contributed by atoms with Crippen molar-refractivity contribution in [1.29, 1.82) is 0 Å². The molecule has 1 aromatic rings. The molecule has 4 heteroatoms. The molecule has 0 radical (unpaired) electrons.